The minimum absolute atomic E-state index is 0.0808. The van der Waals surface area contributed by atoms with E-state index in [4.69, 9.17) is 4.42 Å². The molecule has 0 unspecified atom stereocenters. The third-order valence-corrected chi connectivity index (χ3v) is 7.08. The van der Waals surface area contributed by atoms with E-state index in [0.717, 1.165) is 31.7 Å². The molecule has 0 aliphatic carbocycles. The van der Waals surface area contributed by atoms with Crippen molar-refractivity contribution in [3.05, 3.63) is 107 Å². The van der Waals surface area contributed by atoms with E-state index in [1.165, 1.54) is 21.6 Å². The number of nitrogens with one attached hydrogen (secondary N) is 1. The lowest BCUT2D eigenvalue weighted by Gasteiger charge is -2.36. The highest BCUT2D eigenvalue weighted by Crippen LogP contribution is 2.30. The SMILES string of the molecule is CC(C)(C)c1ccc(-c2nc(C#N)c(N3CC[NH+](C(c4ccccc4)c4ccccc4)CC3)o2)cc1. The Balaban J connectivity index is 1.35. The van der Waals surface area contributed by atoms with Crippen molar-refractivity contribution < 1.29 is 9.32 Å². The number of hydrogen-bond acceptors (Lipinski definition) is 4. The maximum absolute atomic E-state index is 9.79. The number of anilines is 1. The van der Waals surface area contributed by atoms with Crippen LogP contribution in [0.4, 0.5) is 5.88 Å². The molecule has 1 aliphatic heterocycles. The van der Waals surface area contributed by atoms with Gasteiger partial charge in [0, 0.05) is 16.7 Å². The number of oxazole rings is 1. The number of nitriles is 1. The van der Waals surface area contributed by atoms with Crippen LogP contribution in [0.3, 0.4) is 0 Å². The van der Waals surface area contributed by atoms with Gasteiger partial charge in [-0.25, -0.2) is 0 Å². The molecule has 182 valence electrons. The lowest BCUT2D eigenvalue weighted by atomic mass is 9.87. The summed E-state index contributed by atoms with van der Waals surface area (Å²) in [4.78, 5) is 8.23. The predicted octanol–water partition coefficient (Wildman–Crippen LogP) is 5.01. The van der Waals surface area contributed by atoms with Crippen LogP contribution in [0.2, 0.25) is 0 Å². The number of hydrogen-bond donors (Lipinski definition) is 1. The first-order valence-electron chi connectivity index (χ1n) is 12.7. The summed E-state index contributed by atoms with van der Waals surface area (Å²) < 4.78 is 6.20. The molecule has 1 N–H and O–H groups in total. The smallest absolute Gasteiger partial charge is 0.235 e. The summed E-state index contributed by atoms with van der Waals surface area (Å²) >= 11 is 0. The van der Waals surface area contributed by atoms with Crippen molar-refractivity contribution in [1.29, 1.82) is 5.26 Å². The topological polar surface area (TPSA) is 57.5 Å². The quantitative estimate of drug-likeness (QED) is 0.439. The zero-order valence-electron chi connectivity index (χ0n) is 21.2. The van der Waals surface area contributed by atoms with Gasteiger partial charge in [-0.1, -0.05) is 93.6 Å². The van der Waals surface area contributed by atoms with E-state index >= 15 is 0 Å². The van der Waals surface area contributed by atoms with E-state index in [9.17, 15) is 5.26 Å². The van der Waals surface area contributed by atoms with E-state index in [2.05, 4.69) is 110 Å². The van der Waals surface area contributed by atoms with E-state index in [1.54, 1.807) is 0 Å². The molecule has 0 atom stereocenters. The van der Waals surface area contributed by atoms with Crippen molar-refractivity contribution in [1.82, 2.24) is 4.98 Å². The number of quaternary nitrogens is 1. The predicted molar refractivity (Wildman–Crippen MR) is 143 cm³/mol. The molecule has 0 saturated carbocycles. The molecule has 36 heavy (non-hydrogen) atoms. The molecule has 1 aromatic heterocycles. The first-order chi connectivity index (χ1) is 17.4. The van der Waals surface area contributed by atoms with Crippen LogP contribution in [0.1, 0.15) is 49.2 Å². The van der Waals surface area contributed by atoms with E-state index in [1.807, 2.05) is 12.1 Å². The summed E-state index contributed by atoms with van der Waals surface area (Å²) in [6, 6.07) is 32.3. The van der Waals surface area contributed by atoms with Gasteiger partial charge in [0.15, 0.2) is 0 Å². The Morgan fingerprint density at radius 1 is 0.861 bits per heavy atom. The van der Waals surface area contributed by atoms with Crippen LogP contribution in [0.5, 0.6) is 0 Å². The highest BCUT2D eigenvalue weighted by Gasteiger charge is 2.32. The molecule has 5 nitrogen and oxygen atoms in total. The maximum Gasteiger partial charge on any atom is 0.235 e. The lowest BCUT2D eigenvalue weighted by Crippen LogP contribution is -3.15. The normalized spacial score (nSPS) is 14.7. The van der Waals surface area contributed by atoms with Crippen LogP contribution >= 0.6 is 0 Å². The molecule has 2 heterocycles. The summed E-state index contributed by atoms with van der Waals surface area (Å²) in [5, 5.41) is 9.79. The van der Waals surface area contributed by atoms with Gasteiger partial charge in [-0.2, -0.15) is 10.2 Å². The van der Waals surface area contributed by atoms with Gasteiger partial charge in [-0.05, 0) is 23.1 Å². The summed E-state index contributed by atoms with van der Waals surface area (Å²) in [5.74, 6) is 1.09. The van der Waals surface area contributed by atoms with Gasteiger partial charge >= 0.3 is 0 Å². The van der Waals surface area contributed by atoms with E-state index < -0.39 is 0 Å². The Kier molecular flexibility index (Phi) is 6.63. The monoisotopic (exact) mass is 477 g/mol. The molecule has 5 heteroatoms. The van der Waals surface area contributed by atoms with Crippen molar-refractivity contribution in [2.75, 3.05) is 31.1 Å². The average Bonchev–Trinajstić information content (AvgIpc) is 3.35. The van der Waals surface area contributed by atoms with Gasteiger partial charge in [0.1, 0.15) is 12.1 Å². The number of benzene rings is 3. The molecular formula is C31H33N4O+. The van der Waals surface area contributed by atoms with Gasteiger partial charge in [-0.3, -0.25) is 0 Å². The molecule has 1 saturated heterocycles. The molecular weight excluding hydrogens is 444 g/mol. The first kappa shape index (κ1) is 23.8. The fourth-order valence-electron chi connectivity index (χ4n) is 5.08. The molecule has 1 fully saturated rings. The number of rotatable bonds is 5. The molecule has 5 rings (SSSR count). The second-order valence-electron chi connectivity index (χ2n) is 10.5. The third-order valence-electron chi connectivity index (χ3n) is 7.08. The Hall–Kier alpha value is -3.88. The molecule has 4 aromatic rings. The Morgan fingerprint density at radius 3 is 1.92 bits per heavy atom. The van der Waals surface area contributed by atoms with Crippen LogP contribution in [-0.4, -0.2) is 31.2 Å². The summed E-state index contributed by atoms with van der Waals surface area (Å²) in [5.41, 5.74) is 5.23. The van der Waals surface area contributed by atoms with Crippen LogP contribution in [0, 0.1) is 11.3 Å². The summed E-state index contributed by atoms with van der Waals surface area (Å²) in [6.07, 6.45) is 0. The fraction of sp³-hybridized carbons (Fsp3) is 0.290. The average molecular weight is 478 g/mol. The van der Waals surface area contributed by atoms with E-state index in [-0.39, 0.29) is 11.5 Å². The minimum atomic E-state index is 0.0808. The van der Waals surface area contributed by atoms with Gasteiger partial charge in [0.2, 0.25) is 17.5 Å². The van der Waals surface area contributed by atoms with Crippen LogP contribution < -0.4 is 9.80 Å². The molecule has 0 bridgehead atoms. The third kappa shape index (κ3) is 4.91. The Morgan fingerprint density at radius 2 is 1.42 bits per heavy atom. The number of nitrogens with zero attached hydrogens (tertiary/aromatic N) is 3. The highest BCUT2D eigenvalue weighted by atomic mass is 16.4. The molecule has 0 radical (unpaired) electrons. The van der Waals surface area contributed by atoms with Gasteiger partial charge in [-0.15, -0.1) is 0 Å². The van der Waals surface area contributed by atoms with Crippen molar-refractivity contribution in [2.45, 2.75) is 32.2 Å². The maximum atomic E-state index is 9.79. The number of aromatic nitrogens is 1. The zero-order valence-corrected chi connectivity index (χ0v) is 21.2. The van der Waals surface area contributed by atoms with Crippen LogP contribution in [0.15, 0.2) is 89.3 Å². The van der Waals surface area contributed by atoms with Crippen LogP contribution in [-0.2, 0) is 5.41 Å². The van der Waals surface area contributed by atoms with Gasteiger partial charge in [0.25, 0.3) is 0 Å². The van der Waals surface area contributed by atoms with Gasteiger partial charge in [0.05, 0.1) is 26.2 Å². The summed E-state index contributed by atoms with van der Waals surface area (Å²) in [6.45, 7) is 10.1. The number of piperazine rings is 1. The first-order valence-corrected chi connectivity index (χ1v) is 12.7. The van der Waals surface area contributed by atoms with Crippen molar-refractivity contribution in [2.24, 2.45) is 0 Å². The lowest BCUT2D eigenvalue weighted by molar-refractivity contribution is -0.926. The Labute approximate surface area is 213 Å². The standard InChI is InChI=1S/C31H32N4O/c1-31(2,3)26-16-14-25(15-17-26)29-33-27(22-32)30(36-29)35-20-18-34(19-21-35)28(23-10-6-4-7-11-23)24-12-8-5-9-13-24/h4-17,28H,18-21H2,1-3H3/p+1. The Bertz CT molecular complexity index is 1280. The van der Waals surface area contributed by atoms with Gasteiger partial charge < -0.3 is 14.2 Å². The zero-order chi connectivity index (χ0) is 25.1. The largest absolute Gasteiger partial charge is 0.419 e. The van der Waals surface area contributed by atoms with Crippen LogP contribution in [0.25, 0.3) is 11.5 Å². The molecule has 0 amide bonds. The minimum Gasteiger partial charge on any atom is -0.419 e. The van der Waals surface area contributed by atoms with Crippen molar-refractivity contribution >= 4 is 5.88 Å². The molecule has 3 aromatic carbocycles. The van der Waals surface area contributed by atoms with Crippen molar-refractivity contribution in [3.8, 4) is 17.5 Å². The molecule has 0 spiro atoms. The molecule has 1 aliphatic rings. The highest BCUT2D eigenvalue weighted by molar-refractivity contribution is 5.60. The summed E-state index contributed by atoms with van der Waals surface area (Å²) in [7, 11) is 0. The second kappa shape index (κ2) is 10.0. The second-order valence-corrected chi connectivity index (χ2v) is 10.5. The fourth-order valence-corrected chi connectivity index (χ4v) is 5.08. The van der Waals surface area contributed by atoms with Crippen molar-refractivity contribution in [3.63, 3.8) is 0 Å². The van der Waals surface area contributed by atoms with E-state index in [0.29, 0.717) is 17.5 Å².